The molecule has 0 heterocycles. The third-order valence-corrected chi connectivity index (χ3v) is 4.02. The molecule has 0 aliphatic heterocycles. The van der Waals surface area contributed by atoms with Gasteiger partial charge in [-0.1, -0.05) is 30.3 Å². The minimum Gasteiger partial charge on any atom is -0.465 e. The zero-order valence-electron chi connectivity index (χ0n) is 15.1. The number of amides is 1. The van der Waals surface area contributed by atoms with E-state index in [1.54, 1.807) is 6.92 Å². The van der Waals surface area contributed by atoms with Crippen molar-refractivity contribution in [2.45, 2.75) is 20.4 Å². The van der Waals surface area contributed by atoms with Crippen molar-refractivity contribution in [1.29, 1.82) is 0 Å². The largest absolute Gasteiger partial charge is 0.465 e. The van der Waals surface area contributed by atoms with Crippen LogP contribution in [0.15, 0.2) is 36.4 Å². The highest BCUT2D eigenvalue weighted by Crippen LogP contribution is 2.35. The van der Waals surface area contributed by atoms with Gasteiger partial charge in [-0.25, -0.2) is 9.59 Å². The number of hydrogen-bond donors (Lipinski definition) is 2. The molecule has 0 aliphatic rings. The fraction of sp³-hybridized carbons (Fsp3) is 0.263. The highest BCUT2D eigenvalue weighted by atomic mass is 16.6. The summed E-state index contributed by atoms with van der Waals surface area (Å²) in [5, 5.41) is 0. The van der Waals surface area contributed by atoms with Crippen LogP contribution in [-0.2, 0) is 11.3 Å². The van der Waals surface area contributed by atoms with Gasteiger partial charge in [0.05, 0.1) is 18.5 Å². The molecular weight excluding hydrogens is 334 g/mol. The van der Waals surface area contributed by atoms with Gasteiger partial charge in [-0.15, -0.1) is 0 Å². The summed E-state index contributed by atoms with van der Waals surface area (Å²) in [6.45, 7) is 4.32. The molecule has 7 nitrogen and oxygen atoms in total. The Balaban J connectivity index is 2.32. The van der Waals surface area contributed by atoms with Crippen LogP contribution < -0.4 is 16.2 Å². The van der Waals surface area contributed by atoms with Gasteiger partial charge in [0.2, 0.25) is 0 Å². The van der Waals surface area contributed by atoms with Gasteiger partial charge in [0.15, 0.2) is 5.75 Å². The third-order valence-electron chi connectivity index (χ3n) is 4.02. The number of aryl methyl sites for hydroxylation is 1. The van der Waals surface area contributed by atoms with Crippen LogP contribution in [0.4, 0.5) is 16.2 Å². The molecule has 0 aliphatic carbocycles. The molecule has 4 N–H and O–H groups in total. The number of nitrogen functional groups attached to an aromatic ring is 2. The summed E-state index contributed by atoms with van der Waals surface area (Å²) in [6, 6.07) is 11.0. The normalized spacial score (nSPS) is 10.3. The van der Waals surface area contributed by atoms with E-state index in [0.29, 0.717) is 18.7 Å². The molecule has 0 spiro atoms. The first-order valence-corrected chi connectivity index (χ1v) is 8.16. The average Bonchev–Trinajstić information content (AvgIpc) is 2.66. The second-order valence-electron chi connectivity index (χ2n) is 5.76. The van der Waals surface area contributed by atoms with Crippen molar-refractivity contribution in [3.8, 4) is 5.75 Å². The van der Waals surface area contributed by atoms with Crippen LogP contribution in [0.1, 0.15) is 28.4 Å². The number of carbonyl (C=O) groups excluding carboxylic acids is 2. The molecule has 0 saturated carbocycles. The second-order valence-corrected chi connectivity index (χ2v) is 5.76. The Kier molecular flexibility index (Phi) is 6.06. The lowest BCUT2D eigenvalue weighted by Gasteiger charge is -2.22. The van der Waals surface area contributed by atoms with Crippen LogP contribution in [-0.4, -0.2) is 30.6 Å². The van der Waals surface area contributed by atoms with Gasteiger partial charge in [0.25, 0.3) is 0 Å². The minimum atomic E-state index is -0.659. The van der Waals surface area contributed by atoms with Crippen molar-refractivity contribution in [1.82, 2.24) is 4.90 Å². The standard InChI is InChI=1S/C19H23N3O4/c1-4-22(11-13-8-6-5-7-9-13)19(24)26-17-14(18(23)25-3)10-12(2)15(20)16(17)21/h5-10H,4,11,20-21H2,1-3H3. The highest BCUT2D eigenvalue weighted by molar-refractivity contribution is 5.98. The summed E-state index contributed by atoms with van der Waals surface area (Å²) in [5.41, 5.74) is 13.8. The van der Waals surface area contributed by atoms with E-state index in [9.17, 15) is 9.59 Å². The lowest BCUT2D eigenvalue weighted by atomic mass is 10.1. The van der Waals surface area contributed by atoms with Crippen molar-refractivity contribution in [2.75, 3.05) is 25.1 Å². The molecular formula is C19H23N3O4. The van der Waals surface area contributed by atoms with Crippen LogP contribution in [0.25, 0.3) is 0 Å². The summed E-state index contributed by atoms with van der Waals surface area (Å²) in [7, 11) is 1.24. The van der Waals surface area contributed by atoms with Gasteiger partial charge in [-0.3, -0.25) is 0 Å². The molecule has 2 aromatic rings. The van der Waals surface area contributed by atoms with E-state index in [4.69, 9.17) is 20.9 Å². The monoisotopic (exact) mass is 357 g/mol. The molecule has 2 rings (SSSR count). The number of nitrogens with two attached hydrogens (primary N) is 2. The van der Waals surface area contributed by atoms with Crippen LogP contribution in [0, 0.1) is 6.92 Å². The van der Waals surface area contributed by atoms with E-state index in [1.807, 2.05) is 37.3 Å². The fourth-order valence-corrected chi connectivity index (χ4v) is 2.47. The summed E-state index contributed by atoms with van der Waals surface area (Å²) in [6.07, 6.45) is -0.628. The molecule has 0 fully saturated rings. The first-order chi connectivity index (χ1) is 12.4. The topological polar surface area (TPSA) is 108 Å². The maximum Gasteiger partial charge on any atom is 0.415 e. The Morgan fingerprint density at radius 1 is 1.12 bits per heavy atom. The van der Waals surface area contributed by atoms with E-state index in [2.05, 4.69) is 0 Å². The molecule has 0 atom stereocenters. The summed E-state index contributed by atoms with van der Waals surface area (Å²) >= 11 is 0. The number of nitrogens with zero attached hydrogens (tertiary/aromatic N) is 1. The SMILES string of the molecule is CCN(Cc1ccccc1)C(=O)Oc1c(C(=O)OC)cc(C)c(N)c1N. The minimum absolute atomic E-state index is 0.0366. The lowest BCUT2D eigenvalue weighted by molar-refractivity contribution is 0.0597. The predicted octanol–water partition coefficient (Wildman–Crippen LogP) is 2.97. The average molecular weight is 357 g/mol. The van der Waals surface area contributed by atoms with Crippen molar-refractivity contribution in [3.63, 3.8) is 0 Å². The number of carbonyl (C=O) groups is 2. The molecule has 0 saturated heterocycles. The smallest absolute Gasteiger partial charge is 0.415 e. The van der Waals surface area contributed by atoms with Crippen LogP contribution in [0.3, 0.4) is 0 Å². The maximum absolute atomic E-state index is 12.6. The van der Waals surface area contributed by atoms with E-state index < -0.39 is 12.1 Å². The van der Waals surface area contributed by atoms with E-state index in [-0.39, 0.29) is 22.7 Å². The first kappa shape index (κ1) is 19.1. The maximum atomic E-state index is 12.6. The Morgan fingerprint density at radius 2 is 1.77 bits per heavy atom. The molecule has 2 aromatic carbocycles. The summed E-state index contributed by atoms with van der Waals surface area (Å²) in [4.78, 5) is 26.1. The number of methoxy groups -OCH3 is 1. The summed E-state index contributed by atoms with van der Waals surface area (Å²) < 4.78 is 10.2. The Hall–Kier alpha value is -3.22. The van der Waals surface area contributed by atoms with Gasteiger partial charge >= 0.3 is 12.1 Å². The highest BCUT2D eigenvalue weighted by Gasteiger charge is 2.24. The predicted molar refractivity (Wildman–Crippen MR) is 99.9 cm³/mol. The number of hydrogen-bond acceptors (Lipinski definition) is 6. The Bertz CT molecular complexity index is 806. The second kappa shape index (κ2) is 8.24. The summed E-state index contributed by atoms with van der Waals surface area (Å²) in [5.74, 6) is -0.745. The van der Waals surface area contributed by atoms with Gasteiger partial charge in [0.1, 0.15) is 5.56 Å². The van der Waals surface area contributed by atoms with E-state index >= 15 is 0 Å². The molecule has 0 radical (unpaired) electrons. The molecule has 0 aromatic heterocycles. The number of anilines is 2. The van der Waals surface area contributed by atoms with Gasteiger partial charge in [-0.05, 0) is 31.0 Å². The molecule has 1 amide bonds. The quantitative estimate of drug-likeness (QED) is 0.629. The molecule has 0 unspecified atom stereocenters. The third kappa shape index (κ3) is 4.05. The van der Waals surface area contributed by atoms with Crippen molar-refractivity contribution < 1.29 is 19.1 Å². The Labute approximate surface area is 152 Å². The fourth-order valence-electron chi connectivity index (χ4n) is 2.47. The van der Waals surface area contributed by atoms with Gasteiger partial charge in [-0.2, -0.15) is 0 Å². The van der Waals surface area contributed by atoms with Crippen molar-refractivity contribution in [2.24, 2.45) is 0 Å². The number of ether oxygens (including phenoxy) is 2. The molecule has 7 heteroatoms. The lowest BCUT2D eigenvalue weighted by Crippen LogP contribution is -2.33. The molecule has 26 heavy (non-hydrogen) atoms. The Morgan fingerprint density at radius 3 is 2.35 bits per heavy atom. The van der Waals surface area contributed by atoms with Crippen LogP contribution in [0.5, 0.6) is 5.75 Å². The zero-order chi connectivity index (χ0) is 19.3. The number of esters is 1. The molecule has 138 valence electrons. The van der Waals surface area contributed by atoms with E-state index in [0.717, 1.165) is 5.56 Å². The van der Waals surface area contributed by atoms with Crippen molar-refractivity contribution in [3.05, 3.63) is 53.1 Å². The van der Waals surface area contributed by atoms with Gasteiger partial charge < -0.3 is 25.8 Å². The zero-order valence-corrected chi connectivity index (χ0v) is 15.1. The van der Waals surface area contributed by atoms with Crippen molar-refractivity contribution >= 4 is 23.4 Å². The number of rotatable bonds is 5. The van der Waals surface area contributed by atoms with Crippen LogP contribution in [0.2, 0.25) is 0 Å². The van der Waals surface area contributed by atoms with Crippen LogP contribution >= 0.6 is 0 Å². The number of benzene rings is 2. The molecule has 0 bridgehead atoms. The van der Waals surface area contributed by atoms with Gasteiger partial charge in [0, 0.05) is 13.1 Å². The first-order valence-electron chi connectivity index (χ1n) is 8.16. The van der Waals surface area contributed by atoms with E-state index in [1.165, 1.54) is 18.1 Å².